The first-order valence-corrected chi connectivity index (χ1v) is 13.0. The summed E-state index contributed by atoms with van der Waals surface area (Å²) in [5.74, 6) is 4.25. The second-order valence-electron chi connectivity index (χ2n) is 10.9. The molecule has 3 saturated carbocycles. The summed E-state index contributed by atoms with van der Waals surface area (Å²) < 4.78 is 28.6. The second kappa shape index (κ2) is 10.1. The molecular weight excluding hydrogens is 374 g/mol. The standard InChI is InChI=1S/C28H42F2/c1-3-19-5-7-20(8-6-19)9-10-21-11-12-23-16-24(14-13-22(23)15-21)25-17-27(29)26(4-2)28(30)18-25/h17-24H,3-16H2,1-2H3. The molecule has 0 nitrogen and oxygen atoms in total. The Hall–Kier alpha value is -0.920. The van der Waals surface area contributed by atoms with Gasteiger partial charge in [0.1, 0.15) is 11.6 Å². The van der Waals surface area contributed by atoms with Crippen molar-refractivity contribution in [1.29, 1.82) is 0 Å². The van der Waals surface area contributed by atoms with Crippen molar-refractivity contribution in [3.63, 3.8) is 0 Å². The van der Waals surface area contributed by atoms with Gasteiger partial charge in [0.05, 0.1) is 0 Å². The molecule has 1 aromatic rings. The molecule has 168 valence electrons. The predicted molar refractivity (Wildman–Crippen MR) is 122 cm³/mol. The van der Waals surface area contributed by atoms with Gasteiger partial charge in [-0.15, -0.1) is 0 Å². The highest BCUT2D eigenvalue weighted by Crippen LogP contribution is 2.49. The van der Waals surface area contributed by atoms with Crippen LogP contribution in [0.2, 0.25) is 0 Å². The van der Waals surface area contributed by atoms with Crippen molar-refractivity contribution >= 4 is 0 Å². The molecular formula is C28H42F2. The van der Waals surface area contributed by atoms with Gasteiger partial charge in [-0.1, -0.05) is 65.2 Å². The molecule has 0 aromatic heterocycles. The molecule has 0 aliphatic heterocycles. The van der Waals surface area contributed by atoms with Gasteiger partial charge in [0.25, 0.3) is 0 Å². The molecule has 4 atom stereocenters. The fraction of sp³-hybridized carbons (Fsp3) is 0.786. The maximum atomic E-state index is 14.3. The van der Waals surface area contributed by atoms with Gasteiger partial charge in [-0.3, -0.25) is 0 Å². The maximum absolute atomic E-state index is 14.3. The topological polar surface area (TPSA) is 0 Å². The summed E-state index contributed by atoms with van der Waals surface area (Å²) in [5.41, 5.74) is 1.15. The fourth-order valence-corrected chi connectivity index (χ4v) is 7.15. The molecule has 0 amide bonds. The molecule has 3 fully saturated rings. The molecule has 4 rings (SSSR count). The van der Waals surface area contributed by atoms with Gasteiger partial charge >= 0.3 is 0 Å². The van der Waals surface area contributed by atoms with E-state index in [4.69, 9.17) is 0 Å². The molecule has 0 radical (unpaired) electrons. The van der Waals surface area contributed by atoms with Crippen molar-refractivity contribution in [1.82, 2.24) is 0 Å². The zero-order valence-corrected chi connectivity index (χ0v) is 19.3. The summed E-state index contributed by atoms with van der Waals surface area (Å²) in [6.07, 6.45) is 18.3. The Morgan fingerprint density at radius 2 is 1.27 bits per heavy atom. The largest absolute Gasteiger partial charge is 0.207 e. The van der Waals surface area contributed by atoms with Crippen LogP contribution < -0.4 is 0 Å². The fourth-order valence-electron chi connectivity index (χ4n) is 7.15. The second-order valence-corrected chi connectivity index (χ2v) is 10.9. The molecule has 3 aliphatic rings. The minimum Gasteiger partial charge on any atom is -0.207 e. The first-order valence-electron chi connectivity index (χ1n) is 13.0. The van der Waals surface area contributed by atoms with E-state index in [1.54, 1.807) is 12.1 Å². The molecule has 0 bridgehead atoms. The summed E-state index contributed by atoms with van der Waals surface area (Å²) >= 11 is 0. The average Bonchev–Trinajstić information content (AvgIpc) is 2.77. The lowest BCUT2D eigenvalue weighted by Gasteiger charge is -2.43. The van der Waals surface area contributed by atoms with Crippen LogP contribution in [-0.4, -0.2) is 0 Å². The van der Waals surface area contributed by atoms with E-state index >= 15 is 0 Å². The Labute approximate surface area is 183 Å². The van der Waals surface area contributed by atoms with E-state index in [-0.39, 0.29) is 17.2 Å². The zero-order chi connectivity index (χ0) is 21.1. The minimum atomic E-state index is -0.341. The normalized spacial score (nSPS) is 34.5. The SMILES string of the molecule is CCc1c(F)cc(C2CCC3CC(CCC4CCC(CC)CC4)CCC3C2)cc1F. The average molecular weight is 417 g/mol. The van der Waals surface area contributed by atoms with Gasteiger partial charge in [-0.05, 0) is 91.7 Å². The molecule has 1 aromatic carbocycles. The van der Waals surface area contributed by atoms with Crippen molar-refractivity contribution in [2.75, 3.05) is 0 Å². The first kappa shape index (κ1) is 22.3. The van der Waals surface area contributed by atoms with Gasteiger partial charge in [0.2, 0.25) is 0 Å². The van der Waals surface area contributed by atoms with E-state index in [9.17, 15) is 8.78 Å². The van der Waals surface area contributed by atoms with Crippen LogP contribution in [0.3, 0.4) is 0 Å². The number of benzene rings is 1. The number of fused-ring (bicyclic) bond motifs is 1. The highest BCUT2D eigenvalue weighted by atomic mass is 19.1. The molecule has 30 heavy (non-hydrogen) atoms. The third-order valence-electron chi connectivity index (χ3n) is 9.24. The van der Waals surface area contributed by atoms with Crippen molar-refractivity contribution in [3.8, 4) is 0 Å². The van der Waals surface area contributed by atoms with Crippen LogP contribution >= 0.6 is 0 Å². The van der Waals surface area contributed by atoms with Crippen molar-refractivity contribution in [2.24, 2.45) is 29.6 Å². The van der Waals surface area contributed by atoms with E-state index in [1.807, 2.05) is 6.92 Å². The third kappa shape index (κ3) is 5.10. The van der Waals surface area contributed by atoms with Crippen LogP contribution in [-0.2, 0) is 6.42 Å². The minimum absolute atomic E-state index is 0.246. The highest BCUT2D eigenvalue weighted by Gasteiger charge is 2.36. The quantitative estimate of drug-likeness (QED) is 0.434. The van der Waals surface area contributed by atoms with Crippen LogP contribution in [0.25, 0.3) is 0 Å². The van der Waals surface area contributed by atoms with Crippen molar-refractivity contribution in [3.05, 3.63) is 34.9 Å². The van der Waals surface area contributed by atoms with Gasteiger partial charge < -0.3 is 0 Å². The smallest absolute Gasteiger partial charge is 0.129 e. The summed E-state index contributed by atoms with van der Waals surface area (Å²) in [7, 11) is 0. The Balaban J connectivity index is 1.26. The molecule has 2 heteroatoms. The van der Waals surface area contributed by atoms with Crippen LogP contribution in [0.1, 0.15) is 114 Å². The summed E-state index contributed by atoms with van der Waals surface area (Å²) in [4.78, 5) is 0. The van der Waals surface area contributed by atoms with Gasteiger partial charge in [-0.25, -0.2) is 8.78 Å². The Bertz CT molecular complexity index is 665. The number of halogens is 2. The predicted octanol–water partition coefficient (Wildman–Crippen LogP) is 8.82. The number of hydrogen-bond acceptors (Lipinski definition) is 0. The number of hydrogen-bond donors (Lipinski definition) is 0. The summed E-state index contributed by atoms with van der Waals surface area (Å²) in [5, 5.41) is 0. The molecule has 4 unspecified atom stereocenters. The summed E-state index contributed by atoms with van der Waals surface area (Å²) in [6, 6.07) is 3.26. The lowest BCUT2D eigenvalue weighted by molar-refractivity contribution is 0.108. The Kier molecular flexibility index (Phi) is 7.53. The van der Waals surface area contributed by atoms with Crippen LogP contribution in [0.15, 0.2) is 12.1 Å². The highest BCUT2D eigenvalue weighted by molar-refractivity contribution is 5.29. The monoisotopic (exact) mass is 416 g/mol. The van der Waals surface area contributed by atoms with Crippen LogP contribution in [0, 0.1) is 41.2 Å². The third-order valence-corrected chi connectivity index (χ3v) is 9.24. The zero-order valence-electron chi connectivity index (χ0n) is 19.3. The van der Waals surface area contributed by atoms with E-state index in [1.165, 1.54) is 70.6 Å². The van der Waals surface area contributed by atoms with E-state index in [0.717, 1.165) is 48.0 Å². The van der Waals surface area contributed by atoms with Crippen molar-refractivity contribution in [2.45, 2.75) is 110 Å². The van der Waals surface area contributed by atoms with Gasteiger partial charge in [0, 0.05) is 5.56 Å². The van der Waals surface area contributed by atoms with Gasteiger partial charge in [-0.2, -0.15) is 0 Å². The van der Waals surface area contributed by atoms with Crippen LogP contribution in [0.4, 0.5) is 8.78 Å². The van der Waals surface area contributed by atoms with E-state index < -0.39 is 0 Å². The molecule has 0 spiro atoms. The Morgan fingerprint density at radius 1 is 0.700 bits per heavy atom. The van der Waals surface area contributed by atoms with Crippen LogP contribution in [0.5, 0.6) is 0 Å². The summed E-state index contributed by atoms with van der Waals surface area (Å²) in [6.45, 7) is 4.17. The molecule has 0 N–H and O–H groups in total. The maximum Gasteiger partial charge on any atom is 0.129 e. The molecule has 0 heterocycles. The molecule has 3 aliphatic carbocycles. The lowest BCUT2D eigenvalue weighted by atomic mass is 9.63. The van der Waals surface area contributed by atoms with Crippen molar-refractivity contribution < 1.29 is 8.78 Å². The Morgan fingerprint density at radius 3 is 1.93 bits per heavy atom. The van der Waals surface area contributed by atoms with E-state index in [2.05, 4.69) is 6.92 Å². The lowest BCUT2D eigenvalue weighted by Crippen LogP contribution is -2.30. The first-order chi connectivity index (χ1) is 14.6. The number of rotatable bonds is 6. The van der Waals surface area contributed by atoms with Gasteiger partial charge in [0.15, 0.2) is 0 Å². The molecule has 0 saturated heterocycles. The van der Waals surface area contributed by atoms with E-state index in [0.29, 0.717) is 12.3 Å².